The van der Waals surface area contributed by atoms with E-state index in [0.29, 0.717) is 57.2 Å². The fraction of sp³-hybridized carbons (Fsp3) is 0.200. The second kappa shape index (κ2) is 18.4. The third kappa shape index (κ3) is 11.1. The van der Waals surface area contributed by atoms with Crippen molar-refractivity contribution < 1.29 is 31.7 Å². The first kappa shape index (κ1) is 44.4. The van der Waals surface area contributed by atoms with E-state index in [4.69, 9.17) is 13.7 Å². The lowest BCUT2D eigenvalue weighted by molar-refractivity contribution is 0.103. The van der Waals surface area contributed by atoms with E-state index >= 15 is 0 Å². The average molecular weight is 857 g/mol. The van der Waals surface area contributed by atoms with Crippen molar-refractivity contribution in [1.29, 1.82) is 0 Å². The minimum atomic E-state index is -3.90. The van der Waals surface area contributed by atoms with Crippen molar-refractivity contribution in [2.45, 2.75) is 65.2 Å². The van der Waals surface area contributed by atoms with E-state index < -0.39 is 10.1 Å². The molecule has 7 nitrogen and oxygen atoms in total. The summed E-state index contributed by atoms with van der Waals surface area (Å²) in [5.74, 6) is 2.50. The van der Waals surface area contributed by atoms with Crippen LogP contribution in [0.15, 0.2) is 169 Å². The fourth-order valence-corrected chi connectivity index (χ4v) is 8.45. The Balaban J connectivity index is 0.923. The van der Waals surface area contributed by atoms with Crippen molar-refractivity contribution >= 4 is 21.7 Å². The number of hydrogen-bond acceptors (Lipinski definition) is 7. The number of hydrogen-bond donors (Lipinski definition) is 0. The molecule has 0 aliphatic rings. The SMILES string of the molecule is Cc1ccc(C(=O)c2ccc(Oc3ccc(C(C)(C)c4ccc(Oc5ccc(C(=O)c6ccc(Cc7ccc(C)c(S(=O)(=O)OCC(C)(C)C)c7)cc6)cc5)cc4)cc3)cc2)cc1. The molecule has 63 heavy (non-hydrogen) atoms. The summed E-state index contributed by atoms with van der Waals surface area (Å²) in [4.78, 5) is 26.4. The first-order chi connectivity index (χ1) is 29.9. The Bertz CT molecular complexity index is 2820. The highest BCUT2D eigenvalue weighted by Gasteiger charge is 2.24. The second-order valence-electron chi connectivity index (χ2n) is 17.7. The molecule has 0 aliphatic heterocycles. The predicted octanol–water partition coefficient (Wildman–Crippen LogP) is 13.0. The number of benzene rings is 7. The van der Waals surface area contributed by atoms with Crippen LogP contribution in [0.3, 0.4) is 0 Å². The molecule has 0 N–H and O–H groups in total. The zero-order valence-electron chi connectivity index (χ0n) is 36.8. The number of rotatable bonds is 15. The van der Waals surface area contributed by atoms with Crippen LogP contribution in [0.1, 0.15) is 99.8 Å². The van der Waals surface area contributed by atoms with Gasteiger partial charge in [0.2, 0.25) is 0 Å². The summed E-state index contributed by atoms with van der Waals surface area (Å²) in [7, 11) is -3.90. The van der Waals surface area contributed by atoms with Gasteiger partial charge in [0.25, 0.3) is 10.1 Å². The van der Waals surface area contributed by atoms with Crippen molar-refractivity contribution in [2.24, 2.45) is 5.41 Å². The molecule has 0 unspecified atom stereocenters. The van der Waals surface area contributed by atoms with Gasteiger partial charge in [0.05, 0.1) is 11.5 Å². The minimum absolute atomic E-state index is 0.0239. The zero-order chi connectivity index (χ0) is 44.9. The highest BCUT2D eigenvalue weighted by atomic mass is 32.2. The number of ketones is 2. The van der Waals surface area contributed by atoms with E-state index in [1.807, 2.05) is 107 Å². The van der Waals surface area contributed by atoms with Crippen LogP contribution in [0.25, 0.3) is 0 Å². The van der Waals surface area contributed by atoms with Gasteiger partial charge < -0.3 is 9.47 Å². The smallest absolute Gasteiger partial charge is 0.297 e. The first-order valence-corrected chi connectivity index (χ1v) is 22.4. The molecule has 0 atom stereocenters. The Labute approximate surface area is 371 Å². The van der Waals surface area contributed by atoms with Crippen molar-refractivity contribution in [2.75, 3.05) is 6.61 Å². The van der Waals surface area contributed by atoms with Crippen LogP contribution in [0.4, 0.5) is 0 Å². The van der Waals surface area contributed by atoms with Crippen molar-refractivity contribution in [3.8, 4) is 23.0 Å². The van der Waals surface area contributed by atoms with Crippen LogP contribution in [-0.4, -0.2) is 26.6 Å². The van der Waals surface area contributed by atoms with Crippen LogP contribution in [-0.2, 0) is 26.1 Å². The molecule has 0 aromatic heterocycles. The molecule has 0 bridgehead atoms. The lowest BCUT2D eigenvalue weighted by Crippen LogP contribution is -2.19. The zero-order valence-corrected chi connectivity index (χ0v) is 37.6. The molecule has 7 aromatic carbocycles. The summed E-state index contributed by atoms with van der Waals surface area (Å²) < 4.78 is 43.6. The Hall–Kier alpha value is -6.61. The molecule has 0 radical (unpaired) electrons. The number of carbonyl (C=O) groups excluding carboxylic acids is 2. The van der Waals surface area contributed by atoms with Gasteiger partial charge in [0.15, 0.2) is 11.6 Å². The predicted molar refractivity (Wildman–Crippen MR) is 249 cm³/mol. The van der Waals surface area contributed by atoms with Gasteiger partial charge in [-0.3, -0.25) is 13.8 Å². The monoisotopic (exact) mass is 856 g/mol. The fourth-order valence-electron chi connectivity index (χ4n) is 7.06. The molecule has 0 amide bonds. The van der Waals surface area contributed by atoms with Gasteiger partial charge >= 0.3 is 0 Å². The maximum absolute atomic E-state index is 13.4. The van der Waals surface area contributed by atoms with Crippen molar-refractivity contribution in [1.82, 2.24) is 0 Å². The molecule has 320 valence electrons. The molecular formula is C55H52O7S. The van der Waals surface area contributed by atoms with Gasteiger partial charge in [0.1, 0.15) is 23.0 Å². The van der Waals surface area contributed by atoms with E-state index in [9.17, 15) is 18.0 Å². The summed E-state index contributed by atoms with van der Waals surface area (Å²) in [6, 6.07) is 50.7. The summed E-state index contributed by atoms with van der Waals surface area (Å²) in [6.07, 6.45) is 0.502. The summed E-state index contributed by atoms with van der Waals surface area (Å²) in [6.45, 7) is 14.0. The molecular weight excluding hydrogens is 805 g/mol. The summed E-state index contributed by atoms with van der Waals surface area (Å²) in [5.41, 5.74) is 7.51. The average Bonchev–Trinajstić information content (AvgIpc) is 3.27. The first-order valence-electron chi connectivity index (χ1n) is 20.9. The molecule has 0 spiro atoms. The molecule has 0 saturated carbocycles. The van der Waals surface area contributed by atoms with Crippen molar-refractivity contribution in [3.63, 3.8) is 0 Å². The largest absolute Gasteiger partial charge is 0.457 e. The third-order valence-corrected chi connectivity index (χ3v) is 12.4. The maximum atomic E-state index is 13.4. The van der Waals surface area contributed by atoms with Gasteiger partial charge in [-0.1, -0.05) is 125 Å². The Morgan fingerprint density at radius 1 is 0.476 bits per heavy atom. The summed E-state index contributed by atoms with van der Waals surface area (Å²) in [5, 5.41) is 0. The van der Waals surface area contributed by atoms with Crippen molar-refractivity contribution in [3.05, 3.63) is 219 Å². The summed E-state index contributed by atoms with van der Waals surface area (Å²) >= 11 is 0. The standard InChI is InChI=1S/C55H52O7S/c1-37-8-14-41(15-9-37)52(56)43-18-26-47(27-19-43)61-49-30-22-45(23-31-49)55(6,7)46-24-32-50(33-25-46)62-48-28-20-44(21-29-48)53(57)42-16-12-39(13-17-42)34-40-11-10-38(2)51(35-40)63(58,59)60-36-54(3,4)5/h8-33,35H,34,36H2,1-7H3. The van der Waals surface area contributed by atoms with E-state index in [-0.39, 0.29) is 33.9 Å². The van der Waals surface area contributed by atoms with Crippen LogP contribution in [0, 0.1) is 19.3 Å². The van der Waals surface area contributed by atoms with E-state index in [0.717, 1.165) is 27.8 Å². The highest BCUT2D eigenvalue weighted by Crippen LogP contribution is 2.35. The van der Waals surface area contributed by atoms with Gasteiger partial charge in [-0.2, -0.15) is 8.42 Å². The lowest BCUT2D eigenvalue weighted by atomic mass is 9.78. The molecule has 0 saturated heterocycles. The van der Waals surface area contributed by atoms with Gasteiger partial charge in [-0.25, -0.2) is 0 Å². The second-order valence-corrected chi connectivity index (χ2v) is 19.3. The maximum Gasteiger partial charge on any atom is 0.297 e. The molecule has 7 aromatic rings. The number of ether oxygens (including phenoxy) is 2. The molecule has 7 rings (SSSR count). The normalized spacial score (nSPS) is 11.9. The Kier molecular flexibility index (Phi) is 13.0. The molecule has 0 aliphatic carbocycles. The molecule has 8 heteroatoms. The lowest BCUT2D eigenvalue weighted by Gasteiger charge is -2.26. The van der Waals surface area contributed by atoms with Crippen LogP contribution >= 0.6 is 0 Å². The number of carbonyl (C=O) groups is 2. The Morgan fingerprint density at radius 2 is 0.841 bits per heavy atom. The van der Waals surface area contributed by atoms with E-state index in [1.165, 1.54) is 0 Å². The third-order valence-electron chi connectivity index (χ3n) is 11.0. The topological polar surface area (TPSA) is 96.0 Å². The Morgan fingerprint density at radius 3 is 1.25 bits per heavy atom. The quantitative estimate of drug-likeness (QED) is 0.0748. The molecule has 0 fully saturated rings. The highest BCUT2D eigenvalue weighted by molar-refractivity contribution is 7.86. The van der Waals surface area contributed by atoms with Crippen LogP contribution in [0.5, 0.6) is 23.0 Å². The molecule has 0 heterocycles. The number of aryl methyl sites for hydroxylation is 2. The van der Waals surface area contributed by atoms with Gasteiger partial charge in [0, 0.05) is 27.7 Å². The minimum Gasteiger partial charge on any atom is -0.457 e. The van der Waals surface area contributed by atoms with E-state index in [1.54, 1.807) is 67.6 Å². The van der Waals surface area contributed by atoms with Gasteiger partial charge in [-0.05, 0) is 132 Å². The van der Waals surface area contributed by atoms with E-state index in [2.05, 4.69) is 38.1 Å². The van der Waals surface area contributed by atoms with Crippen LogP contribution < -0.4 is 9.47 Å². The van der Waals surface area contributed by atoms with Gasteiger partial charge in [-0.15, -0.1) is 0 Å². The van der Waals surface area contributed by atoms with Crippen LogP contribution in [0.2, 0.25) is 0 Å².